The number of hydrogen-bond donors (Lipinski definition) is 1. The molecule has 1 atom stereocenters. The third-order valence-electron chi connectivity index (χ3n) is 6.04. The maximum atomic E-state index is 12.3. The Labute approximate surface area is 109 Å². The number of nitrogens with zero attached hydrogens (tertiary/aromatic N) is 1. The van der Waals surface area contributed by atoms with Crippen LogP contribution in [0.5, 0.6) is 0 Å². The highest BCUT2D eigenvalue weighted by molar-refractivity contribution is 5.79. The molecule has 5 rings (SSSR count). The van der Waals surface area contributed by atoms with Crippen LogP contribution in [0.25, 0.3) is 0 Å². The third kappa shape index (κ3) is 1.49. The summed E-state index contributed by atoms with van der Waals surface area (Å²) in [6.07, 6.45) is 8.60. The summed E-state index contributed by atoms with van der Waals surface area (Å²) in [6.45, 7) is 0.996. The fourth-order valence-electron chi connectivity index (χ4n) is 5.76. The normalized spacial score (nSPS) is 50.3. The summed E-state index contributed by atoms with van der Waals surface area (Å²) >= 11 is 0. The zero-order valence-corrected chi connectivity index (χ0v) is 11.0. The van der Waals surface area contributed by atoms with E-state index < -0.39 is 0 Å². The molecule has 1 saturated heterocycles. The summed E-state index contributed by atoms with van der Waals surface area (Å²) in [5.41, 5.74) is 0.204. The predicted molar refractivity (Wildman–Crippen MR) is 67.8 cm³/mol. The van der Waals surface area contributed by atoms with Crippen LogP contribution in [0.1, 0.15) is 44.9 Å². The lowest BCUT2D eigenvalue weighted by Crippen LogP contribution is -2.60. The largest absolute Gasteiger partial charge is 0.396 e. The minimum atomic E-state index is 0.175. The molecule has 4 bridgehead atoms. The van der Waals surface area contributed by atoms with Gasteiger partial charge in [0, 0.05) is 31.0 Å². The monoisotopic (exact) mass is 249 g/mol. The van der Waals surface area contributed by atoms with Gasteiger partial charge in [-0.05, 0) is 56.3 Å². The molecule has 4 aliphatic carbocycles. The van der Waals surface area contributed by atoms with E-state index in [2.05, 4.69) is 4.90 Å². The Morgan fingerprint density at radius 1 is 1.11 bits per heavy atom. The Morgan fingerprint density at radius 2 is 1.67 bits per heavy atom. The molecule has 4 saturated carbocycles. The minimum Gasteiger partial charge on any atom is -0.396 e. The van der Waals surface area contributed by atoms with Gasteiger partial charge in [-0.1, -0.05) is 0 Å². The molecule has 1 unspecified atom stereocenters. The first kappa shape index (κ1) is 11.3. The lowest BCUT2D eigenvalue weighted by Gasteiger charge is -2.60. The van der Waals surface area contributed by atoms with E-state index in [0.717, 1.165) is 24.3 Å². The van der Waals surface area contributed by atoms with Crippen molar-refractivity contribution >= 4 is 5.91 Å². The van der Waals surface area contributed by atoms with Crippen molar-refractivity contribution < 1.29 is 9.90 Å². The Bertz CT molecular complexity index is 343. The fraction of sp³-hybridized carbons (Fsp3) is 0.933. The van der Waals surface area contributed by atoms with Crippen LogP contribution in [-0.2, 0) is 4.79 Å². The number of aliphatic hydroxyl groups is 1. The summed E-state index contributed by atoms with van der Waals surface area (Å²) in [4.78, 5) is 14.5. The average Bonchev–Trinajstić information content (AvgIpc) is 2.69. The molecule has 1 heterocycles. The predicted octanol–water partition coefficient (Wildman–Crippen LogP) is 1.80. The van der Waals surface area contributed by atoms with Gasteiger partial charge in [0.1, 0.15) is 0 Å². The Balaban J connectivity index is 1.62. The van der Waals surface area contributed by atoms with E-state index in [1.807, 2.05) is 0 Å². The summed E-state index contributed by atoms with van der Waals surface area (Å²) in [5, 5.41) is 9.30. The van der Waals surface area contributed by atoms with Crippen LogP contribution in [0.3, 0.4) is 0 Å². The first-order valence-corrected chi connectivity index (χ1v) is 7.60. The fourth-order valence-corrected chi connectivity index (χ4v) is 5.76. The first-order chi connectivity index (χ1) is 8.68. The van der Waals surface area contributed by atoms with Gasteiger partial charge in [-0.2, -0.15) is 0 Å². The molecule has 5 aliphatic rings. The van der Waals surface area contributed by atoms with E-state index in [0.29, 0.717) is 12.3 Å². The maximum Gasteiger partial charge on any atom is 0.223 e. The molecule has 0 aromatic carbocycles. The van der Waals surface area contributed by atoms with Crippen molar-refractivity contribution in [3.63, 3.8) is 0 Å². The van der Waals surface area contributed by atoms with E-state index >= 15 is 0 Å². The Kier molecular flexibility index (Phi) is 2.33. The van der Waals surface area contributed by atoms with Crippen LogP contribution in [-0.4, -0.2) is 34.6 Å². The molecule has 18 heavy (non-hydrogen) atoms. The van der Waals surface area contributed by atoms with Crippen LogP contribution in [0.15, 0.2) is 0 Å². The first-order valence-electron chi connectivity index (χ1n) is 7.60. The topological polar surface area (TPSA) is 40.5 Å². The molecule has 100 valence electrons. The zero-order valence-electron chi connectivity index (χ0n) is 11.0. The highest BCUT2D eigenvalue weighted by Gasteiger charge is 2.55. The summed E-state index contributed by atoms with van der Waals surface area (Å²) < 4.78 is 0. The van der Waals surface area contributed by atoms with Gasteiger partial charge >= 0.3 is 0 Å². The van der Waals surface area contributed by atoms with E-state index in [1.165, 1.54) is 38.5 Å². The molecular formula is C15H23NO2. The number of aliphatic hydroxyl groups excluding tert-OH is 1. The second kappa shape index (κ2) is 3.72. The van der Waals surface area contributed by atoms with E-state index in [4.69, 9.17) is 0 Å². The van der Waals surface area contributed by atoms with Crippen molar-refractivity contribution in [2.45, 2.75) is 50.5 Å². The molecule has 1 amide bonds. The molecule has 5 fully saturated rings. The molecular weight excluding hydrogens is 226 g/mol. The highest BCUT2D eigenvalue weighted by Crippen LogP contribution is 2.58. The Morgan fingerprint density at radius 3 is 2.11 bits per heavy atom. The van der Waals surface area contributed by atoms with E-state index in [9.17, 15) is 9.90 Å². The van der Waals surface area contributed by atoms with E-state index in [1.54, 1.807) is 0 Å². The second-order valence-electron chi connectivity index (χ2n) is 7.40. The van der Waals surface area contributed by atoms with Gasteiger partial charge in [-0.25, -0.2) is 0 Å². The van der Waals surface area contributed by atoms with Gasteiger partial charge in [0.05, 0.1) is 0 Å². The van der Waals surface area contributed by atoms with Crippen molar-refractivity contribution in [3.8, 4) is 0 Å². The summed E-state index contributed by atoms with van der Waals surface area (Å²) in [6, 6.07) is 0. The van der Waals surface area contributed by atoms with Crippen LogP contribution >= 0.6 is 0 Å². The molecule has 1 N–H and O–H groups in total. The number of rotatable bonds is 2. The van der Waals surface area contributed by atoms with Crippen LogP contribution in [0.2, 0.25) is 0 Å². The van der Waals surface area contributed by atoms with Crippen LogP contribution < -0.4 is 0 Å². The van der Waals surface area contributed by atoms with Gasteiger partial charge in [0.15, 0.2) is 0 Å². The van der Waals surface area contributed by atoms with Gasteiger partial charge in [-0.3, -0.25) is 4.79 Å². The lowest BCUT2D eigenvalue weighted by atomic mass is 9.52. The standard InChI is InChI=1S/C15H23NO2/c17-9-13-4-14(18)16(8-13)15-5-10-1-11(6-15)3-12(2-10)7-15/h10-13,17H,1-9H2. The van der Waals surface area contributed by atoms with Crippen molar-refractivity contribution in [1.82, 2.24) is 4.90 Å². The zero-order chi connectivity index (χ0) is 12.3. The lowest BCUT2D eigenvalue weighted by molar-refractivity contribution is -0.145. The van der Waals surface area contributed by atoms with Crippen molar-refractivity contribution in [2.75, 3.05) is 13.2 Å². The number of amides is 1. The highest BCUT2D eigenvalue weighted by atomic mass is 16.3. The molecule has 1 aliphatic heterocycles. The number of likely N-dealkylation sites (tertiary alicyclic amines) is 1. The molecule has 0 spiro atoms. The van der Waals surface area contributed by atoms with Crippen molar-refractivity contribution in [2.24, 2.45) is 23.7 Å². The van der Waals surface area contributed by atoms with Gasteiger partial charge in [0.25, 0.3) is 0 Å². The third-order valence-corrected chi connectivity index (χ3v) is 6.04. The number of carbonyl (C=O) groups is 1. The number of carbonyl (C=O) groups excluding carboxylic acids is 1. The molecule has 3 nitrogen and oxygen atoms in total. The molecule has 3 heteroatoms. The van der Waals surface area contributed by atoms with Crippen LogP contribution in [0, 0.1) is 23.7 Å². The van der Waals surface area contributed by atoms with Gasteiger partial charge in [-0.15, -0.1) is 0 Å². The van der Waals surface area contributed by atoms with E-state index in [-0.39, 0.29) is 18.1 Å². The minimum absolute atomic E-state index is 0.175. The molecule has 0 aromatic rings. The summed E-state index contributed by atoms with van der Waals surface area (Å²) in [7, 11) is 0. The van der Waals surface area contributed by atoms with Crippen LogP contribution in [0.4, 0.5) is 0 Å². The van der Waals surface area contributed by atoms with Crippen molar-refractivity contribution in [3.05, 3.63) is 0 Å². The average molecular weight is 249 g/mol. The Hall–Kier alpha value is -0.570. The molecule has 0 radical (unpaired) electrons. The summed E-state index contributed by atoms with van der Waals surface area (Å²) in [5.74, 6) is 3.17. The number of hydrogen-bond acceptors (Lipinski definition) is 2. The van der Waals surface area contributed by atoms with Gasteiger partial charge in [0.2, 0.25) is 5.91 Å². The maximum absolute atomic E-state index is 12.3. The van der Waals surface area contributed by atoms with Gasteiger partial charge < -0.3 is 10.0 Å². The quantitative estimate of drug-likeness (QED) is 0.810. The SMILES string of the molecule is O=C1CC(CO)CN1C12CC3CC(CC(C3)C1)C2. The molecule has 0 aromatic heterocycles. The second-order valence-corrected chi connectivity index (χ2v) is 7.40. The smallest absolute Gasteiger partial charge is 0.223 e. The van der Waals surface area contributed by atoms with Crippen molar-refractivity contribution in [1.29, 1.82) is 0 Å².